The maximum absolute atomic E-state index is 12.5. The molecule has 0 aliphatic carbocycles. The predicted molar refractivity (Wildman–Crippen MR) is 101 cm³/mol. The summed E-state index contributed by atoms with van der Waals surface area (Å²) in [5.74, 6) is -0.217. The second-order valence-corrected chi connectivity index (χ2v) is 6.28. The summed E-state index contributed by atoms with van der Waals surface area (Å²) in [5.41, 5.74) is 0.481. The number of carbonyl (C=O) groups excluding carboxylic acids is 1. The number of H-pyrrole nitrogens is 1. The molecule has 0 saturated heterocycles. The van der Waals surface area contributed by atoms with Crippen LogP contribution in [0, 0.1) is 0 Å². The summed E-state index contributed by atoms with van der Waals surface area (Å²) in [7, 11) is 1.71. The van der Waals surface area contributed by atoms with Crippen LogP contribution in [0.4, 0.5) is 0 Å². The van der Waals surface area contributed by atoms with E-state index in [1.807, 2.05) is 18.2 Å². The predicted octanol–water partition coefficient (Wildman–Crippen LogP) is 1.78. The van der Waals surface area contributed by atoms with E-state index < -0.39 is 0 Å². The van der Waals surface area contributed by atoms with E-state index in [0.29, 0.717) is 17.3 Å². The maximum Gasteiger partial charge on any atom is 0.273 e. The third kappa shape index (κ3) is 3.91. The van der Waals surface area contributed by atoms with Crippen LogP contribution in [0.1, 0.15) is 12.0 Å². The Balaban J connectivity index is 1.66. The number of hydrogen-bond donors (Lipinski definition) is 1. The first-order valence-electron chi connectivity index (χ1n) is 8.56. The van der Waals surface area contributed by atoms with Crippen LogP contribution in [0.5, 0.6) is 0 Å². The number of aryl methyl sites for hydroxylation is 1. The molecule has 0 aliphatic rings. The third-order valence-electron chi connectivity index (χ3n) is 4.40. The highest BCUT2D eigenvalue weighted by Gasteiger charge is 2.13. The highest BCUT2D eigenvalue weighted by atomic mass is 16.2. The Morgan fingerprint density at radius 3 is 2.38 bits per heavy atom. The SMILES string of the molecule is CN(CCCc1ccccc1)C(=O)Cn1[nH]c(=O)c2ccccc2c1=O. The first-order chi connectivity index (χ1) is 12.6. The fourth-order valence-corrected chi connectivity index (χ4v) is 2.90. The molecular weight excluding hydrogens is 330 g/mol. The fraction of sp³-hybridized carbons (Fsp3) is 0.250. The van der Waals surface area contributed by atoms with Gasteiger partial charge in [-0.05, 0) is 30.5 Å². The van der Waals surface area contributed by atoms with Crippen LogP contribution in [0.3, 0.4) is 0 Å². The monoisotopic (exact) mass is 351 g/mol. The minimum atomic E-state index is -0.375. The van der Waals surface area contributed by atoms with Crippen molar-refractivity contribution in [2.75, 3.05) is 13.6 Å². The van der Waals surface area contributed by atoms with Gasteiger partial charge in [0.2, 0.25) is 5.91 Å². The van der Waals surface area contributed by atoms with Crippen LogP contribution in [-0.4, -0.2) is 34.2 Å². The van der Waals surface area contributed by atoms with Crippen molar-refractivity contribution in [3.05, 3.63) is 80.9 Å². The van der Waals surface area contributed by atoms with Gasteiger partial charge in [-0.2, -0.15) is 0 Å². The molecule has 0 spiro atoms. The lowest BCUT2D eigenvalue weighted by Crippen LogP contribution is -2.38. The van der Waals surface area contributed by atoms with Crippen molar-refractivity contribution in [2.45, 2.75) is 19.4 Å². The standard InChI is InChI=1S/C20H21N3O3/c1-22(13-7-10-15-8-3-2-4-9-15)18(24)14-23-20(26)17-12-6-5-11-16(17)19(25)21-23/h2-6,8-9,11-12H,7,10,13-14H2,1H3,(H,21,25). The average molecular weight is 351 g/mol. The lowest BCUT2D eigenvalue weighted by Gasteiger charge is -2.17. The molecule has 134 valence electrons. The van der Waals surface area contributed by atoms with Crippen LogP contribution in [0.15, 0.2) is 64.2 Å². The summed E-state index contributed by atoms with van der Waals surface area (Å²) in [5, 5.41) is 3.13. The second-order valence-electron chi connectivity index (χ2n) is 6.28. The van der Waals surface area contributed by atoms with Gasteiger partial charge in [-0.3, -0.25) is 19.5 Å². The summed E-state index contributed by atoms with van der Waals surface area (Å²) < 4.78 is 1.08. The highest BCUT2D eigenvalue weighted by molar-refractivity contribution is 5.81. The molecule has 1 N–H and O–H groups in total. The minimum Gasteiger partial charge on any atom is -0.344 e. The zero-order valence-corrected chi connectivity index (χ0v) is 14.6. The molecule has 0 unspecified atom stereocenters. The quantitative estimate of drug-likeness (QED) is 0.736. The van der Waals surface area contributed by atoms with Crippen molar-refractivity contribution in [3.8, 4) is 0 Å². The van der Waals surface area contributed by atoms with E-state index in [9.17, 15) is 14.4 Å². The Kier molecular flexibility index (Phi) is 5.31. The van der Waals surface area contributed by atoms with Crippen molar-refractivity contribution in [3.63, 3.8) is 0 Å². The number of amides is 1. The molecule has 0 bridgehead atoms. The van der Waals surface area contributed by atoms with Gasteiger partial charge >= 0.3 is 0 Å². The molecule has 0 atom stereocenters. The van der Waals surface area contributed by atoms with Gasteiger partial charge in [-0.15, -0.1) is 0 Å². The molecule has 0 radical (unpaired) electrons. The van der Waals surface area contributed by atoms with Crippen LogP contribution < -0.4 is 11.1 Å². The van der Waals surface area contributed by atoms with Crippen molar-refractivity contribution in [1.82, 2.24) is 14.7 Å². The first-order valence-corrected chi connectivity index (χ1v) is 8.56. The zero-order chi connectivity index (χ0) is 18.5. The normalized spacial score (nSPS) is 10.8. The number of hydrogen-bond acceptors (Lipinski definition) is 3. The van der Waals surface area contributed by atoms with Crippen LogP contribution in [0.25, 0.3) is 10.8 Å². The number of rotatable bonds is 6. The van der Waals surface area contributed by atoms with Gasteiger partial charge in [0.25, 0.3) is 11.1 Å². The van der Waals surface area contributed by atoms with Gasteiger partial charge in [0.15, 0.2) is 0 Å². The Morgan fingerprint density at radius 1 is 1.00 bits per heavy atom. The van der Waals surface area contributed by atoms with E-state index in [0.717, 1.165) is 17.5 Å². The Bertz CT molecular complexity index is 1020. The first kappa shape index (κ1) is 17.7. The number of fused-ring (bicyclic) bond motifs is 1. The highest BCUT2D eigenvalue weighted by Crippen LogP contribution is 2.04. The van der Waals surface area contributed by atoms with Crippen molar-refractivity contribution in [1.29, 1.82) is 0 Å². The van der Waals surface area contributed by atoms with E-state index in [4.69, 9.17) is 0 Å². The number of aromatic amines is 1. The topological polar surface area (TPSA) is 75.2 Å². The Morgan fingerprint density at radius 2 is 1.65 bits per heavy atom. The number of aromatic nitrogens is 2. The largest absolute Gasteiger partial charge is 0.344 e. The second kappa shape index (κ2) is 7.82. The van der Waals surface area contributed by atoms with Gasteiger partial charge in [0.05, 0.1) is 10.8 Å². The van der Waals surface area contributed by atoms with E-state index in [1.54, 1.807) is 36.2 Å². The maximum atomic E-state index is 12.5. The molecule has 0 saturated carbocycles. The van der Waals surface area contributed by atoms with Crippen LogP contribution in [-0.2, 0) is 17.8 Å². The average Bonchev–Trinajstić information content (AvgIpc) is 2.66. The molecule has 1 amide bonds. The molecule has 1 aromatic heterocycles. The smallest absolute Gasteiger partial charge is 0.273 e. The summed E-state index contributed by atoms with van der Waals surface area (Å²) in [6.07, 6.45) is 1.71. The number of benzene rings is 2. The summed E-state index contributed by atoms with van der Waals surface area (Å²) in [4.78, 5) is 38.5. The fourth-order valence-electron chi connectivity index (χ4n) is 2.90. The van der Waals surface area contributed by atoms with Gasteiger partial charge in [0.1, 0.15) is 6.54 Å². The number of carbonyl (C=O) groups is 1. The van der Waals surface area contributed by atoms with E-state index in [2.05, 4.69) is 17.2 Å². The molecule has 2 aromatic carbocycles. The van der Waals surface area contributed by atoms with Gasteiger partial charge < -0.3 is 4.90 Å². The number of nitrogens with one attached hydrogen (secondary N) is 1. The molecule has 3 aromatic rings. The van der Waals surface area contributed by atoms with Gasteiger partial charge in [-0.1, -0.05) is 42.5 Å². The lowest BCUT2D eigenvalue weighted by atomic mass is 10.1. The molecule has 26 heavy (non-hydrogen) atoms. The third-order valence-corrected chi connectivity index (χ3v) is 4.40. The van der Waals surface area contributed by atoms with Gasteiger partial charge in [-0.25, -0.2) is 4.68 Å². The summed E-state index contributed by atoms with van der Waals surface area (Å²) >= 11 is 0. The molecule has 0 fully saturated rings. The van der Waals surface area contributed by atoms with Crippen molar-refractivity contribution in [2.24, 2.45) is 0 Å². The molecule has 0 aliphatic heterocycles. The molecule has 1 heterocycles. The minimum absolute atomic E-state index is 0.180. The van der Waals surface area contributed by atoms with E-state index in [-0.39, 0.29) is 23.6 Å². The van der Waals surface area contributed by atoms with Crippen molar-refractivity contribution >= 4 is 16.7 Å². The number of likely N-dealkylation sites (N-methyl/N-ethyl adjacent to an activating group) is 1. The molecule has 3 rings (SSSR count). The lowest BCUT2D eigenvalue weighted by molar-refractivity contribution is -0.130. The van der Waals surface area contributed by atoms with Crippen LogP contribution >= 0.6 is 0 Å². The van der Waals surface area contributed by atoms with Crippen LogP contribution in [0.2, 0.25) is 0 Å². The number of nitrogens with zero attached hydrogens (tertiary/aromatic N) is 2. The Hall–Kier alpha value is -3.15. The van der Waals surface area contributed by atoms with Gasteiger partial charge in [0, 0.05) is 13.6 Å². The zero-order valence-electron chi connectivity index (χ0n) is 14.6. The molecule has 6 nitrogen and oxygen atoms in total. The van der Waals surface area contributed by atoms with E-state index >= 15 is 0 Å². The molecular formula is C20H21N3O3. The van der Waals surface area contributed by atoms with E-state index in [1.165, 1.54) is 5.56 Å². The Labute approximate surface area is 150 Å². The summed E-state index contributed by atoms with van der Waals surface area (Å²) in [6, 6.07) is 16.7. The summed E-state index contributed by atoms with van der Waals surface area (Å²) in [6.45, 7) is 0.404. The molecule has 6 heteroatoms. The van der Waals surface area contributed by atoms with Crippen molar-refractivity contribution < 1.29 is 4.79 Å².